The Morgan fingerprint density at radius 1 is 1.19 bits per heavy atom. The van der Waals surface area contributed by atoms with Crippen LogP contribution in [0.25, 0.3) is 0 Å². The molecule has 0 N–H and O–H groups in total. The maximum atomic E-state index is 12.2. The van der Waals surface area contributed by atoms with E-state index in [0.717, 1.165) is 0 Å². The SMILES string of the molecule is COc1ccc(/C(C#N)=N/OS(=O)(=O)CCS(=O)(=O)N2CCOCC2)cc1. The summed E-state index contributed by atoms with van der Waals surface area (Å²) >= 11 is 0. The molecule has 0 aromatic heterocycles. The van der Waals surface area contributed by atoms with Gasteiger partial charge in [-0.25, -0.2) is 8.42 Å². The second-order valence-electron chi connectivity index (χ2n) is 5.44. The molecule has 1 fully saturated rings. The van der Waals surface area contributed by atoms with Gasteiger partial charge in [0, 0.05) is 18.7 Å². The molecule has 0 spiro atoms. The molecule has 27 heavy (non-hydrogen) atoms. The van der Waals surface area contributed by atoms with Crippen LogP contribution in [0.15, 0.2) is 29.4 Å². The molecule has 2 rings (SSSR count). The summed E-state index contributed by atoms with van der Waals surface area (Å²) in [5.41, 5.74) is 0.0618. The van der Waals surface area contributed by atoms with E-state index in [2.05, 4.69) is 9.44 Å². The monoisotopic (exact) mass is 417 g/mol. The van der Waals surface area contributed by atoms with Crippen LogP contribution in [0, 0.1) is 11.3 Å². The minimum Gasteiger partial charge on any atom is -0.497 e. The molecular formula is C15H19N3O7S2. The molecule has 0 unspecified atom stereocenters. The lowest BCUT2D eigenvalue weighted by Crippen LogP contribution is -2.42. The predicted molar refractivity (Wildman–Crippen MR) is 96.2 cm³/mol. The van der Waals surface area contributed by atoms with Crippen molar-refractivity contribution < 1.29 is 30.6 Å². The summed E-state index contributed by atoms with van der Waals surface area (Å²) < 4.78 is 63.9. The zero-order chi connectivity index (χ0) is 19.9. The number of nitriles is 1. The number of nitrogens with zero attached hydrogens (tertiary/aromatic N) is 3. The Hall–Kier alpha value is -2.20. The summed E-state index contributed by atoms with van der Waals surface area (Å²) in [4.78, 5) is 0. The van der Waals surface area contributed by atoms with E-state index in [1.165, 1.54) is 23.5 Å². The van der Waals surface area contributed by atoms with E-state index in [-0.39, 0.29) is 32.0 Å². The second kappa shape index (κ2) is 9.14. The van der Waals surface area contributed by atoms with E-state index < -0.39 is 31.6 Å². The highest BCUT2D eigenvalue weighted by Crippen LogP contribution is 2.13. The van der Waals surface area contributed by atoms with Crippen molar-refractivity contribution >= 4 is 25.9 Å². The number of morpholine rings is 1. The fourth-order valence-electron chi connectivity index (χ4n) is 2.18. The first-order valence-corrected chi connectivity index (χ1v) is 11.1. The lowest BCUT2D eigenvalue weighted by molar-refractivity contribution is 0.0731. The van der Waals surface area contributed by atoms with Crippen molar-refractivity contribution in [3.63, 3.8) is 0 Å². The Balaban J connectivity index is 2.01. The standard InChI is InChI=1S/C15H19N3O7S2/c1-23-14-4-2-13(3-5-14)15(12-16)17-25-27(21,22)11-10-26(19,20)18-6-8-24-9-7-18/h2-5H,6-11H2,1H3/b17-15+. The maximum Gasteiger partial charge on any atom is 0.329 e. The van der Waals surface area contributed by atoms with Gasteiger partial charge in [0.1, 0.15) is 17.6 Å². The minimum absolute atomic E-state index is 0.178. The number of hydrogen-bond donors (Lipinski definition) is 0. The molecule has 1 aromatic rings. The van der Waals surface area contributed by atoms with Gasteiger partial charge >= 0.3 is 10.1 Å². The van der Waals surface area contributed by atoms with Crippen molar-refractivity contribution in [3.05, 3.63) is 29.8 Å². The van der Waals surface area contributed by atoms with Gasteiger partial charge in [-0.1, -0.05) is 5.16 Å². The van der Waals surface area contributed by atoms with Crippen molar-refractivity contribution in [3.8, 4) is 11.8 Å². The van der Waals surface area contributed by atoms with E-state index in [4.69, 9.17) is 14.7 Å². The highest BCUT2D eigenvalue weighted by Gasteiger charge is 2.27. The van der Waals surface area contributed by atoms with Crippen LogP contribution in [-0.4, -0.2) is 71.8 Å². The topological polar surface area (TPSA) is 135 Å². The quantitative estimate of drug-likeness (QED) is 0.424. The number of rotatable bonds is 8. The van der Waals surface area contributed by atoms with Crippen molar-refractivity contribution in [1.82, 2.24) is 4.31 Å². The largest absolute Gasteiger partial charge is 0.497 e. The van der Waals surface area contributed by atoms with Crippen molar-refractivity contribution in [2.45, 2.75) is 0 Å². The van der Waals surface area contributed by atoms with Crippen molar-refractivity contribution in [2.24, 2.45) is 5.16 Å². The van der Waals surface area contributed by atoms with Crippen LogP contribution >= 0.6 is 0 Å². The van der Waals surface area contributed by atoms with Gasteiger partial charge < -0.3 is 9.47 Å². The Labute approximate surface area is 158 Å². The number of methoxy groups -OCH3 is 1. The highest BCUT2D eigenvalue weighted by atomic mass is 32.2. The molecule has 0 bridgehead atoms. The third kappa shape index (κ3) is 6.17. The fraction of sp³-hybridized carbons (Fsp3) is 0.467. The molecule has 1 saturated heterocycles. The summed E-state index contributed by atoms with van der Waals surface area (Å²) in [5, 5.41) is 12.5. The molecule has 10 nitrogen and oxygen atoms in total. The molecule has 12 heteroatoms. The van der Waals surface area contributed by atoms with Gasteiger partial charge in [-0.05, 0) is 24.3 Å². The first kappa shape index (κ1) is 21.1. The minimum atomic E-state index is -4.28. The number of oxime groups is 1. The number of hydrogen-bond acceptors (Lipinski definition) is 9. The Morgan fingerprint density at radius 3 is 2.37 bits per heavy atom. The Morgan fingerprint density at radius 2 is 1.81 bits per heavy atom. The van der Waals surface area contributed by atoms with Crippen molar-refractivity contribution in [1.29, 1.82) is 5.26 Å². The molecule has 0 saturated carbocycles. The number of sulfonamides is 1. The first-order valence-electron chi connectivity index (χ1n) is 7.87. The zero-order valence-corrected chi connectivity index (χ0v) is 16.2. The van der Waals surface area contributed by atoms with Gasteiger partial charge in [-0.2, -0.15) is 18.0 Å². The third-order valence-corrected chi connectivity index (χ3v) is 6.80. The van der Waals surface area contributed by atoms with Crippen LogP contribution in [0.1, 0.15) is 5.56 Å². The Bertz CT molecular complexity index is 913. The molecule has 1 aliphatic rings. The molecular weight excluding hydrogens is 398 g/mol. The summed E-state index contributed by atoms with van der Waals surface area (Å²) in [6.07, 6.45) is 0. The fourth-order valence-corrected chi connectivity index (χ4v) is 5.06. The summed E-state index contributed by atoms with van der Waals surface area (Å²) in [6, 6.07) is 7.91. The average molecular weight is 417 g/mol. The zero-order valence-electron chi connectivity index (χ0n) is 14.6. The molecule has 1 aliphatic heterocycles. The van der Waals surface area contributed by atoms with Crippen LogP contribution < -0.4 is 4.74 Å². The van der Waals surface area contributed by atoms with E-state index in [9.17, 15) is 16.8 Å². The van der Waals surface area contributed by atoms with Crippen LogP contribution in [0.5, 0.6) is 5.75 Å². The van der Waals surface area contributed by atoms with Gasteiger partial charge in [0.15, 0.2) is 5.71 Å². The van der Waals surface area contributed by atoms with Gasteiger partial charge in [-0.15, -0.1) is 0 Å². The normalized spacial score (nSPS) is 16.5. The maximum absolute atomic E-state index is 12.2. The van der Waals surface area contributed by atoms with E-state index in [1.807, 2.05) is 0 Å². The Kier molecular flexibility index (Phi) is 7.14. The van der Waals surface area contributed by atoms with Crippen molar-refractivity contribution in [2.75, 3.05) is 44.9 Å². The number of benzene rings is 1. The van der Waals surface area contributed by atoms with Gasteiger partial charge in [0.25, 0.3) is 0 Å². The molecule has 1 aromatic carbocycles. The van der Waals surface area contributed by atoms with Crippen LogP contribution in [0.3, 0.4) is 0 Å². The first-order chi connectivity index (χ1) is 12.8. The van der Waals surface area contributed by atoms with Crippen LogP contribution in [0.4, 0.5) is 0 Å². The van der Waals surface area contributed by atoms with Gasteiger partial charge in [0.2, 0.25) is 10.0 Å². The lowest BCUT2D eigenvalue weighted by atomic mass is 10.1. The second-order valence-corrected chi connectivity index (χ2v) is 9.21. The van der Waals surface area contributed by atoms with E-state index in [0.29, 0.717) is 11.3 Å². The lowest BCUT2D eigenvalue weighted by Gasteiger charge is -2.25. The van der Waals surface area contributed by atoms with Crippen LogP contribution in [-0.2, 0) is 29.2 Å². The molecule has 148 valence electrons. The third-order valence-electron chi connectivity index (χ3n) is 3.67. The molecule has 0 atom stereocenters. The van der Waals surface area contributed by atoms with Crippen LogP contribution in [0.2, 0.25) is 0 Å². The molecule has 1 heterocycles. The summed E-state index contributed by atoms with van der Waals surface area (Å²) in [5.74, 6) is -0.870. The van der Waals surface area contributed by atoms with Gasteiger partial charge in [-0.3, -0.25) is 4.28 Å². The predicted octanol–water partition coefficient (Wildman–Crippen LogP) is -0.0687. The molecule has 0 amide bonds. The van der Waals surface area contributed by atoms with Gasteiger partial charge in [0.05, 0.1) is 26.1 Å². The highest BCUT2D eigenvalue weighted by molar-refractivity contribution is 7.91. The average Bonchev–Trinajstić information content (AvgIpc) is 2.68. The smallest absolute Gasteiger partial charge is 0.329 e. The summed E-state index contributed by atoms with van der Waals surface area (Å²) in [6.45, 7) is 0.884. The molecule has 0 aliphatic carbocycles. The molecule has 0 radical (unpaired) electrons. The summed E-state index contributed by atoms with van der Waals surface area (Å²) in [7, 11) is -6.55. The van der Waals surface area contributed by atoms with E-state index >= 15 is 0 Å². The number of ether oxygens (including phenoxy) is 2. The van der Waals surface area contributed by atoms with E-state index in [1.54, 1.807) is 18.2 Å².